The Labute approximate surface area is 109 Å². The van der Waals surface area contributed by atoms with E-state index in [1.54, 1.807) is 0 Å². The predicted molar refractivity (Wildman–Crippen MR) is 74.4 cm³/mol. The number of aromatic nitrogens is 2. The third-order valence-electron chi connectivity index (χ3n) is 3.27. The highest BCUT2D eigenvalue weighted by molar-refractivity contribution is 5.16. The summed E-state index contributed by atoms with van der Waals surface area (Å²) in [5.41, 5.74) is 2.55. The van der Waals surface area contributed by atoms with Crippen molar-refractivity contribution in [1.82, 2.24) is 14.7 Å². The second kappa shape index (κ2) is 5.83. The molecule has 3 nitrogen and oxygen atoms in total. The Morgan fingerprint density at radius 1 is 1.17 bits per heavy atom. The smallest absolute Gasteiger partial charge is 0.0663 e. The van der Waals surface area contributed by atoms with Gasteiger partial charge in [0.15, 0.2) is 0 Å². The molecule has 1 aromatic carbocycles. The molecule has 0 amide bonds. The van der Waals surface area contributed by atoms with Gasteiger partial charge in [-0.05, 0) is 32.5 Å². The molecule has 0 saturated carbocycles. The zero-order valence-corrected chi connectivity index (χ0v) is 11.4. The Morgan fingerprint density at radius 2 is 1.89 bits per heavy atom. The third kappa shape index (κ3) is 3.20. The number of rotatable bonds is 5. The maximum Gasteiger partial charge on any atom is 0.0663 e. The van der Waals surface area contributed by atoms with E-state index in [-0.39, 0.29) is 0 Å². The van der Waals surface area contributed by atoms with E-state index in [2.05, 4.69) is 65.9 Å². The highest BCUT2D eigenvalue weighted by Crippen LogP contribution is 2.09. The lowest BCUT2D eigenvalue weighted by Crippen LogP contribution is -2.27. The first-order valence-electron chi connectivity index (χ1n) is 6.41. The van der Waals surface area contributed by atoms with Crippen LogP contribution in [0.2, 0.25) is 0 Å². The van der Waals surface area contributed by atoms with Crippen LogP contribution in [0.15, 0.2) is 42.6 Å². The second-order valence-electron chi connectivity index (χ2n) is 4.97. The fourth-order valence-corrected chi connectivity index (χ4v) is 1.83. The summed E-state index contributed by atoms with van der Waals surface area (Å²) in [7, 11) is 2.14. The fourth-order valence-electron chi connectivity index (χ4n) is 1.83. The second-order valence-corrected chi connectivity index (χ2v) is 4.97. The third-order valence-corrected chi connectivity index (χ3v) is 3.27. The van der Waals surface area contributed by atoms with E-state index < -0.39 is 0 Å². The molecule has 0 aliphatic heterocycles. The highest BCUT2D eigenvalue weighted by Gasteiger charge is 2.08. The zero-order valence-electron chi connectivity index (χ0n) is 11.4. The lowest BCUT2D eigenvalue weighted by molar-refractivity contribution is 0.258. The van der Waals surface area contributed by atoms with Crippen LogP contribution < -0.4 is 0 Å². The Hall–Kier alpha value is -1.61. The van der Waals surface area contributed by atoms with Crippen LogP contribution in [0.25, 0.3) is 0 Å². The molecule has 0 atom stereocenters. The van der Waals surface area contributed by atoms with Gasteiger partial charge in [-0.25, -0.2) is 0 Å². The van der Waals surface area contributed by atoms with Crippen molar-refractivity contribution in [3.05, 3.63) is 53.9 Å². The van der Waals surface area contributed by atoms with E-state index in [9.17, 15) is 0 Å². The van der Waals surface area contributed by atoms with Gasteiger partial charge in [-0.15, -0.1) is 0 Å². The molecule has 18 heavy (non-hydrogen) atoms. The molecule has 0 bridgehead atoms. The average molecular weight is 243 g/mol. The van der Waals surface area contributed by atoms with Crippen LogP contribution in [0.5, 0.6) is 0 Å². The van der Waals surface area contributed by atoms with Gasteiger partial charge in [0.25, 0.3) is 0 Å². The van der Waals surface area contributed by atoms with E-state index in [0.717, 1.165) is 13.1 Å². The number of benzene rings is 1. The average Bonchev–Trinajstić information content (AvgIpc) is 2.78. The molecular formula is C15H21N3. The largest absolute Gasteiger partial charge is 0.298 e. The van der Waals surface area contributed by atoms with Crippen molar-refractivity contribution in [2.75, 3.05) is 7.05 Å². The quantitative estimate of drug-likeness (QED) is 0.805. The molecular weight excluding hydrogens is 222 g/mol. The van der Waals surface area contributed by atoms with Crippen LogP contribution in [0.1, 0.15) is 25.1 Å². The first-order chi connectivity index (χ1) is 8.66. The molecule has 0 saturated heterocycles. The van der Waals surface area contributed by atoms with E-state index in [4.69, 9.17) is 0 Å². The number of nitrogens with zero attached hydrogens (tertiary/aromatic N) is 3. The molecule has 0 radical (unpaired) electrons. The molecule has 0 N–H and O–H groups in total. The summed E-state index contributed by atoms with van der Waals surface area (Å²) >= 11 is 0. The molecule has 1 heterocycles. The van der Waals surface area contributed by atoms with Crippen molar-refractivity contribution in [3.63, 3.8) is 0 Å². The van der Waals surface area contributed by atoms with Crippen molar-refractivity contribution in [1.29, 1.82) is 0 Å². The van der Waals surface area contributed by atoms with Gasteiger partial charge in [0, 0.05) is 18.8 Å². The summed E-state index contributed by atoms with van der Waals surface area (Å²) in [5.74, 6) is 0. The van der Waals surface area contributed by atoms with Gasteiger partial charge in [0.2, 0.25) is 0 Å². The summed E-state index contributed by atoms with van der Waals surface area (Å²) < 4.78 is 2.08. The molecule has 3 heteroatoms. The Bertz CT molecular complexity index is 473. The molecule has 2 rings (SSSR count). The van der Waals surface area contributed by atoms with Crippen LogP contribution in [-0.2, 0) is 13.1 Å². The van der Waals surface area contributed by atoms with Crippen molar-refractivity contribution < 1.29 is 0 Å². The lowest BCUT2D eigenvalue weighted by atomic mass is 10.2. The van der Waals surface area contributed by atoms with Gasteiger partial charge in [0.1, 0.15) is 0 Å². The minimum absolute atomic E-state index is 0.546. The fraction of sp³-hybridized carbons (Fsp3) is 0.400. The molecule has 0 spiro atoms. The normalized spacial score (nSPS) is 11.4. The van der Waals surface area contributed by atoms with Gasteiger partial charge in [-0.3, -0.25) is 9.58 Å². The van der Waals surface area contributed by atoms with Crippen molar-refractivity contribution in [2.45, 2.75) is 33.0 Å². The lowest BCUT2D eigenvalue weighted by Gasteiger charge is -2.21. The summed E-state index contributed by atoms with van der Waals surface area (Å²) in [6.07, 6.45) is 1.88. The minimum atomic E-state index is 0.546. The molecule has 0 aliphatic rings. The van der Waals surface area contributed by atoms with Crippen molar-refractivity contribution in [2.24, 2.45) is 0 Å². The maximum atomic E-state index is 4.41. The summed E-state index contributed by atoms with van der Waals surface area (Å²) in [4.78, 5) is 2.32. The first-order valence-corrected chi connectivity index (χ1v) is 6.41. The summed E-state index contributed by atoms with van der Waals surface area (Å²) in [6, 6.07) is 13.1. The van der Waals surface area contributed by atoms with Crippen LogP contribution in [-0.4, -0.2) is 27.8 Å². The van der Waals surface area contributed by atoms with E-state index in [1.807, 2.05) is 12.3 Å². The minimum Gasteiger partial charge on any atom is -0.298 e. The number of hydrogen-bond acceptors (Lipinski definition) is 2. The van der Waals surface area contributed by atoms with Crippen LogP contribution in [0.3, 0.4) is 0 Å². The first kappa shape index (κ1) is 12.8. The standard InChI is InChI=1S/C15H21N3/c1-13(2)17(3)12-15-9-10-16-18(15)11-14-7-5-4-6-8-14/h4-10,13H,11-12H2,1-3H3. The van der Waals surface area contributed by atoms with Crippen LogP contribution >= 0.6 is 0 Å². The molecule has 1 aromatic heterocycles. The SMILES string of the molecule is CC(C)N(C)Cc1ccnn1Cc1ccccc1. The summed E-state index contributed by atoms with van der Waals surface area (Å²) in [6.45, 7) is 6.19. The number of hydrogen-bond donors (Lipinski definition) is 0. The highest BCUT2D eigenvalue weighted by atomic mass is 15.3. The van der Waals surface area contributed by atoms with E-state index >= 15 is 0 Å². The zero-order chi connectivity index (χ0) is 13.0. The topological polar surface area (TPSA) is 21.1 Å². The van der Waals surface area contributed by atoms with E-state index in [0.29, 0.717) is 6.04 Å². The van der Waals surface area contributed by atoms with Gasteiger partial charge in [-0.2, -0.15) is 5.10 Å². The molecule has 0 unspecified atom stereocenters. The van der Waals surface area contributed by atoms with Crippen LogP contribution in [0.4, 0.5) is 0 Å². The van der Waals surface area contributed by atoms with Gasteiger partial charge in [-0.1, -0.05) is 30.3 Å². The summed E-state index contributed by atoms with van der Waals surface area (Å²) in [5, 5.41) is 4.41. The predicted octanol–water partition coefficient (Wildman–Crippen LogP) is 2.77. The monoisotopic (exact) mass is 243 g/mol. The van der Waals surface area contributed by atoms with Crippen molar-refractivity contribution >= 4 is 0 Å². The van der Waals surface area contributed by atoms with Crippen molar-refractivity contribution in [3.8, 4) is 0 Å². The Kier molecular flexibility index (Phi) is 4.15. The molecule has 0 fully saturated rings. The Morgan fingerprint density at radius 3 is 2.56 bits per heavy atom. The van der Waals surface area contributed by atoms with E-state index in [1.165, 1.54) is 11.3 Å². The van der Waals surface area contributed by atoms with Gasteiger partial charge < -0.3 is 0 Å². The van der Waals surface area contributed by atoms with Gasteiger partial charge >= 0.3 is 0 Å². The maximum absolute atomic E-state index is 4.41. The van der Waals surface area contributed by atoms with Crippen LogP contribution in [0, 0.1) is 0 Å². The van der Waals surface area contributed by atoms with Gasteiger partial charge in [0.05, 0.1) is 12.2 Å². The molecule has 2 aromatic rings. The molecule has 96 valence electrons. The Balaban J connectivity index is 2.08. The molecule has 0 aliphatic carbocycles.